The number of hydrogen-bond donors (Lipinski definition) is 1. The van der Waals surface area contributed by atoms with Gasteiger partial charge >= 0.3 is 0 Å². The number of ether oxygens (including phenoxy) is 2. The maximum atomic E-state index is 11.1. The van der Waals surface area contributed by atoms with E-state index in [-0.39, 0.29) is 5.91 Å². The summed E-state index contributed by atoms with van der Waals surface area (Å²) >= 11 is 5.53. The van der Waals surface area contributed by atoms with E-state index >= 15 is 0 Å². The summed E-state index contributed by atoms with van der Waals surface area (Å²) in [6.07, 6.45) is 0. The van der Waals surface area contributed by atoms with Gasteiger partial charge in [0.1, 0.15) is 5.38 Å². The van der Waals surface area contributed by atoms with Crippen LogP contribution >= 0.6 is 11.6 Å². The average molecular weight is 196 g/mol. The van der Waals surface area contributed by atoms with Crippen LogP contribution < -0.4 is 5.32 Å². The monoisotopic (exact) mass is 195 g/mol. The molecule has 0 saturated carbocycles. The molecule has 0 aromatic rings. The number of hydrogen-bond acceptors (Lipinski definition) is 3. The van der Waals surface area contributed by atoms with Crippen LogP contribution in [0.4, 0.5) is 0 Å². The van der Waals surface area contributed by atoms with Crippen molar-refractivity contribution in [2.24, 2.45) is 0 Å². The van der Waals surface area contributed by atoms with Crippen LogP contribution in [-0.2, 0) is 14.3 Å². The van der Waals surface area contributed by atoms with Gasteiger partial charge in [0.25, 0.3) is 0 Å². The molecule has 0 rings (SSSR count). The number of carbonyl (C=O) groups excluding carboxylic acids is 1. The number of nitrogens with one attached hydrogen (secondary N) is 1. The highest BCUT2D eigenvalue weighted by atomic mass is 35.5. The summed E-state index contributed by atoms with van der Waals surface area (Å²) in [6.45, 7) is 3.16. The van der Waals surface area contributed by atoms with Crippen molar-refractivity contribution in [1.82, 2.24) is 5.32 Å². The summed E-state index contributed by atoms with van der Waals surface area (Å²) in [5, 5.41) is 1.87. The van der Waals surface area contributed by atoms with E-state index in [1.54, 1.807) is 13.8 Å². The van der Waals surface area contributed by atoms with Crippen LogP contribution in [0.2, 0.25) is 0 Å². The molecule has 1 atom stereocenters. The maximum Gasteiger partial charge on any atom is 0.247 e. The van der Waals surface area contributed by atoms with Gasteiger partial charge in [0, 0.05) is 21.1 Å². The highest BCUT2D eigenvalue weighted by Crippen LogP contribution is 2.06. The molecule has 0 radical (unpaired) electrons. The van der Waals surface area contributed by atoms with Gasteiger partial charge in [0.2, 0.25) is 11.8 Å². The normalized spacial score (nSPS) is 14.1. The molecule has 1 N–H and O–H groups in total. The first-order valence-electron chi connectivity index (χ1n) is 3.51. The van der Waals surface area contributed by atoms with Crippen molar-refractivity contribution in [3.63, 3.8) is 0 Å². The molecule has 0 aliphatic heterocycles. The SMILES string of the molecule is COC(C)(NC(=O)C(C)Cl)OC. The second-order valence-electron chi connectivity index (χ2n) is 2.46. The Hall–Kier alpha value is -0.320. The van der Waals surface area contributed by atoms with E-state index in [0.29, 0.717) is 0 Å². The van der Waals surface area contributed by atoms with Crippen LogP contribution in [0.5, 0.6) is 0 Å². The van der Waals surface area contributed by atoms with Crippen molar-refractivity contribution in [3.05, 3.63) is 0 Å². The van der Waals surface area contributed by atoms with Crippen molar-refractivity contribution >= 4 is 17.5 Å². The average Bonchev–Trinajstić information content (AvgIpc) is 2.04. The molecule has 0 bridgehead atoms. The van der Waals surface area contributed by atoms with Crippen LogP contribution in [0.1, 0.15) is 13.8 Å². The lowest BCUT2D eigenvalue weighted by molar-refractivity contribution is -0.214. The lowest BCUT2D eigenvalue weighted by atomic mass is 10.4. The highest BCUT2D eigenvalue weighted by Gasteiger charge is 2.26. The Bertz CT molecular complexity index is 157. The molecule has 72 valence electrons. The van der Waals surface area contributed by atoms with Gasteiger partial charge in [-0.25, -0.2) is 0 Å². The summed E-state index contributed by atoms with van der Waals surface area (Å²) in [4.78, 5) is 11.1. The topological polar surface area (TPSA) is 47.6 Å². The van der Waals surface area contributed by atoms with Crippen molar-refractivity contribution in [3.8, 4) is 0 Å². The van der Waals surface area contributed by atoms with E-state index in [1.165, 1.54) is 14.2 Å². The predicted molar refractivity (Wildman–Crippen MR) is 45.9 cm³/mol. The lowest BCUT2D eigenvalue weighted by Crippen LogP contribution is -2.51. The molecular weight excluding hydrogens is 182 g/mol. The predicted octanol–water partition coefficient (Wildman–Crippen LogP) is 0.696. The zero-order chi connectivity index (χ0) is 9.78. The Morgan fingerprint density at radius 1 is 1.50 bits per heavy atom. The van der Waals surface area contributed by atoms with Gasteiger partial charge in [-0.15, -0.1) is 11.6 Å². The van der Waals surface area contributed by atoms with Crippen molar-refractivity contribution in [1.29, 1.82) is 0 Å². The molecule has 0 aromatic carbocycles. The largest absolute Gasteiger partial charge is 0.336 e. The van der Waals surface area contributed by atoms with Crippen LogP contribution in [-0.4, -0.2) is 31.4 Å². The molecule has 12 heavy (non-hydrogen) atoms. The van der Waals surface area contributed by atoms with E-state index < -0.39 is 11.3 Å². The molecule has 0 aliphatic carbocycles. The minimum absolute atomic E-state index is 0.331. The van der Waals surface area contributed by atoms with Crippen LogP contribution in [0.15, 0.2) is 0 Å². The molecule has 0 heterocycles. The molecule has 0 fully saturated rings. The van der Waals surface area contributed by atoms with Crippen molar-refractivity contribution in [2.75, 3.05) is 14.2 Å². The molecular formula is C7H14ClNO3. The van der Waals surface area contributed by atoms with Crippen LogP contribution in [0, 0.1) is 0 Å². The Morgan fingerprint density at radius 3 is 2.17 bits per heavy atom. The van der Waals surface area contributed by atoms with E-state index in [2.05, 4.69) is 5.32 Å². The summed E-state index contributed by atoms with van der Waals surface area (Å²) in [7, 11) is 2.87. The Morgan fingerprint density at radius 2 is 1.92 bits per heavy atom. The minimum atomic E-state index is -1.10. The quantitative estimate of drug-likeness (QED) is 0.531. The van der Waals surface area contributed by atoms with E-state index in [1.807, 2.05) is 0 Å². The molecule has 0 spiro atoms. The minimum Gasteiger partial charge on any atom is -0.336 e. The van der Waals surface area contributed by atoms with Gasteiger partial charge in [0.05, 0.1) is 0 Å². The number of methoxy groups -OCH3 is 2. The number of rotatable bonds is 4. The lowest BCUT2D eigenvalue weighted by Gasteiger charge is -2.27. The van der Waals surface area contributed by atoms with E-state index in [4.69, 9.17) is 21.1 Å². The molecule has 5 heteroatoms. The smallest absolute Gasteiger partial charge is 0.247 e. The van der Waals surface area contributed by atoms with Gasteiger partial charge in [-0.1, -0.05) is 0 Å². The van der Waals surface area contributed by atoms with Crippen molar-refractivity contribution in [2.45, 2.75) is 25.1 Å². The fourth-order valence-electron chi connectivity index (χ4n) is 0.509. The third-order valence-electron chi connectivity index (χ3n) is 1.49. The summed E-state index contributed by atoms with van der Waals surface area (Å²) in [5.74, 6) is -1.43. The Balaban J connectivity index is 4.12. The van der Waals surface area contributed by atoms with Gasteiger partial charge < -0.3 is 14.8 Å². The van der Waals surface area contributed by atoms with Gasteiger partial charge in [0.15, 0.2) is 0 Å². The van der Waals surface area contributed by atoms with E-state index in [9.17, 15) is 4.79 Å². The molecule has 4 nitrogen and oxygen atoms in total. The second kappa shape index (κ2) is 4.64. The third kappa shape index (κ3) is 3.38. The third-order valence-corrected chi connectivity index (χ3v) is 1.69. The van der Waals surface area contributed by atoms with Crippen LogP contribution in [0.3, 0.4) is 0 Å². The van der Waals surface area contributed by atoms with Gasteiger partial charge in [-0.05, 0) is 6.92 Å². The number of halogens is 1. The summed E-state index contributed by atoms with van der Waals surface area (Å²) < 4.78 is 9.79. The van der Waals surface area contributed by atoms with Crippen LogP contribution in [0.25, 0.3) is 0 Å². The van der Waals surface area contributed by atoms with Crippen molar-refractivity contribution < 1.29 is 14.3 Å². The standard InChI is InChI=1S/C7H14ClNO3/c1-5(8)6(10)9-7(2,11-3)12-4/h5H,1-4H3,(H,9,10). The fraction of sp³-hybridized carbons (Fsp3) is 0.857. The Labute approximate surface area is 77.2 Å². The highest BCUT2D eigenvalue weighted by molar-refractivity contribution is 6.30. The molecule has 0 aromatic heterocycles. The fourth-order valence-corrected chi connectivity index (χ4v) is 0.563. The number of amides is 1. The zero-order valence-corrected chi connectivity index (χ0v) is 8.44. The number of carbonyl (C=O) groups is 1. The molecule has 1 amide bonds. The molecule has 0 aliphatic rings. The number of alkyl halides is 1. The van der Waals surface area contributed by atoms with Gasteiger partial charge in [-0.2, -0.15) is 0 Å². The molecule has 0 saturated heterocycles. The maximum absolute atomic E-state index is 11.1. The summed E-state index contributed by atoms with van der Waals surface area (Å²) in [6, 6.07) is 0. The zero-order valence-electron chi connectivity index (χ0n) is 7.68. The first-order chi connectivity index (χ1) is 5.45. The summed E-state index contributed by atoms with van der Waals surface area (Å²) in [5.41, 5.74) is 0. The van der Waals surface area contributed by atoms with Gasteiger partial charge in [-0.3, -0.25) is 4.79 Å². The Kier molecular flexibility index (Phi) is 4.52. The first kappa shape index (κ1) is 11.7. The second-order valence-corrected chi connectivity index (χ2v) is 3.11. The van der Waals surface area contributed by atoms with E-state index in [0.717, 1.165) is 0 Å². The molecule has 1 unspecified atom stereocenters. The first-order valence-corrected chi connectivity index (χ1v) is 3.95.